The van der Waals surface area contributed by atoms with Crippen molar-refractivity contribution in [3.8, 4) is 11.1 Å². The van der Waals surface area contributed by atoms with Crippen LogP contribution in [0.5, 0.6) is 0 Å². The minimum Gasteiger partial charge on any atom is -0.456 e. The number of hydrogen-bond acceptors (Lipinski definition) is 19. The Morgan fingerprint density at radius 1 is 0.835 bits per heavy atom. The Balaban J connectivity index is 0.798. The van der Waals surface area contributed by atoms with E-state index in [4.69, 9.17) is 28.7 Å². The van der Waals surface area contributed by atoms with Gasteiger partial charge < -0.3 is 69.0 Å². The number of nitrogens with zero attached hydrogens (tertiary/aromatic N) is 5. The van der Waals surface area contributed by atoms with Crippen molar-refractivity contribution in [2.75, 3.05) is 83.5 Å². The van der Waals surface area contributed by atoms with E-state index in [1.54, 1.807) is 32.7 Å². The Bertz CT molecular complexity index is 3730. The first-order valence-corrected chi connectivity index (χ1v) is 38.5. The Kier molecular flexibility index (Phi) is 28.6. The highest BCUT2D eigenvalue weighted by Gasteiger charge is 2.57. The number of thioether (sulfide) groups is 1. The van der Waals surface area contributed by atoms with Gasteiger partial charge in [-0.1, -0.05) is 38.5 Å². The highest BCUT2D eigenvalue weighted by Crippen LogP contribution is 2.41. The number of ketones is 2. The molecule has 4 aliphatic heterocycles. The lowest BCUT2D eigenvalue weighted by Gasteiger charge is -2.47. The maximum absolute atomic E-state index is 14.8. The van der Waals surface area contributed by atoms with Gasteiger partial charge >= 0.3 is 5.97 Å². The molecule has 1 saturated carbocycles. The van der Waals surface area contributed by atoms with Crippen LogP contribution in [0.15, 0.2) is 70.8 Å². The van der Waals surface area contributed by atoms with Gasteiger partial charge in [0.1, 0.15) is 29.9 Å². The maximum atomic E-state index is 14.8. The second-order valence-electron chi connectivity index (χ2n) is 30.2. The molecule has 3 amide bonds. The number of benzene rings is 1. The van der Waals surface area contributed by atoms with Crippen molar-refractivity contribution in [3.05, 3.63) is 104 Å². The van der Waals surface area contributed by atoms with E-state index < -0.39 is 90.0 Å². The summed E-state index contributed by atoms with van der Waals surface area (Å²) < 4.78 is 32.6. The number of amides is 3. The first kappa shape index (κ1) is 80.5. The molecular formula is C79H114N8O15S. The predicted octanol–water partition coefficient (Wildman–Crippen LogP) is 9.05. The van der Waals surface area contributed by atoms with Crippen LogP contribution in [0.3, 0.4) is 0 Å². The summed E-state index contributed by atoms with van der Waals surface area (Å²) in [4.78, 5) is 112. The fraction of sp³-hybridized carbons (Fsp3) is 0.646. The average Bonchev–Trinajstić information content (AvgIpc) is 1.75. The van der Waals surface area contributed by atoms with E-state index in [1.165, 1.54) is 19.1 Å². The number of carbonyl (C=O) groups is 6. The molecule has 2 bridgehead atoms. The number of aliphatic hydroxyl groups is 3. The number of rotatable bonds is 21. The van der Waals surface area contributed by atoms with Crippen molar-refractivity contribution >= 4 is 63.7 Å². The number of pyridine rings is 2. The summed E-state index contributed by atoms with van der Waals surface area (Å²) in [5.74, 6) is -6.26. The molecule has 4 fully saturated rings. The summed E-state index contributed by atoms with van der Waals surface area (Å²) in [7, 11) is 4.62. The Morgan fingerprint density at radius 2 is 1.56 bits per heavy atom. The zero-order valence-corrected chi connectivity index (χ0v) is 63.7. The number of aromatic nitrogens is 3. The minimum atomic E-state index is -2.56. The highest BCUT2D eigenvalue weighted by molar-refractivity contribution is 7.99. The van der Waals surface area contributed by atoms with E-state index in [2.05, 4.69) is 63.0 Å². The van der Waals surface area contributed by atoms with Gasteiger partial charge in [0.2, 0.25) is 11.7 Å². The van der Waals surface area contributed by atoms with E-state index in [0.717, 1.165) is 76.4 Å². The number of nitrogens with one attached hydrogen (secondary N) is 3. The maximum Gasteiger partial charge on any atom is 0.329 e. The van der Waals surface area contributed by atoms with E-state index in [9.17, 15) is 48.9 Å². The van der Waals surface area contributed by atoms with Crippen LogP contribution in [0.2, 0.25) is 0 Å². The fourth-order valence-electron chi connectivity index (χ4n) is 16.1. The zero-order chi connectivity index (χ0) is 74.6. The summed E-state index contributed by atoms with van der Waals surface area (Å²) in [6, 6.07) is 8.98. The summed E-state index contributed by atoms with van der Waals surface area (Å²) in [6.45, 7) is 23.7. The van der Waals surface area contributed by atoms with Crippen LogP contribution in [0.1, 0.15) is 171 Å². The highest BCUT2D eigenvalue weighted by atomic mass is 32.2. The Morgan fingerprint density at radius 3 is 2.25 bits per heavy atom. The van der Waals surface area contributed by atoms with Crippen LogP contribution in [0.4, 0.5) is 5.82 Å². The van der Waals surface area contributed by atoms with Crippen LogP contribution in [-0.2, 0) is 54.2 Å². The predicted molar refractivity (Wildman–Crippen MR) is 399 cm³/mol. The molecule has 6 N–H and O–H groups in total. The number of carbonyl (C=O) groups excluding carboxylic acids is 6. The number of aryl methyl sites for hydroxylation is 3. The van der Waals surface area contributed by atoms with Gasteiger partial charge in [-0.3, -0.25) is 33.7 Å². The first-order chi connectivity index (χ1) is 49.1. The normalized spacial score (nSPS) is 29.1. The van der Waals surface area contributed by atoms with Gasteiger partial charge in [0.25, 0.3) is 23.2 Å². The van der Waals surface area contributed by atoms with Gasteiger partial charge in [0, 0.05) is 162 Å². The van der Waals surface area contributed by atoms with Crippen molar-refractivity contribution in [1.29, 1.82) is 0 Å². The average molecular weight is 1450 g/mol. The SMILES string of the molecule is CO[C@H]1C[C@@H](C)C/C(C)=C/[C@@H](CCCSCCC(=O)NCCN2CCN(c3ccc(-c4cc(C(=O)NCc5c(C)cc(C)[nH]c5=O)c5c(C)cn(C(C)C)c5c4)cn3)CC2)C(=O)C[C@H](O)[C@@H](C)[C@@H](/C(C)=C/[C@@H]2CC[C@@H](O)[C@H](OC)C2)OC(=O)[C@@H]2CCCCN2C(=O)C(=O)[C@]2(O)O[C@H]1[C@@H](OC)C[C@H]2C. The van der Waals surface area contributed by atoms with Crippen molar-refractivity contribution in [2.45, 2.75) is 220 Å². The second-order valence-corrected chi connectivity index (χ2v) is 31.4. The number of esters is 1. The molecule has 1 aliphatic carbocycles. The van der Waals surface area contributed by atoms with Gasteiger partial charge in [0.15, 0.2) is 0 Å². The lowest BCUT2D eigenvalue weighted by Crippen LogP contribution is -2.64. The molecule has 103 heavy (non-hydrogen) atoms. The summed E-state index contributed by atoms with van der Waals surface area (Å²) in [5, 5.41) is 42.2. The number of piperidine rings is 1. The van der Waals surface area contributed by atoms with Gasteiger partial charge in [-0.2, -0.15) is 11.8 Å². The van der Waals surface area contributed by atoms with Crippen LogP contribution < -0.4 is 21.1 Å². The van der Waals surface area contributed by atoms with Crippen LogP contribution in [-0.4, -0.2) is 208 Å². The molecule has 9 rings (SSSR count). The molecule has 4 aromatic rings. The third-order valence-corrected chi connectivity index (χ3v) is 23.2. The molecule has 14 atom stereocenters. The number of methoxy groups -OCH3 is 3. The molecule has 23 nitrogen and oxygen atoms in total. The fourth-order valence-corrected chi connectivity index (χ4v) is 17.0. The van der Waals surface area contributed by atoms with E-state index >= 15 is 0 Å². The van der Waals surface area contributed by atoms with E-state index in [1.807, 2.05) is 77.2 Å². The second kappa shape index (κ2) is 36.6. The van der Waals surface area contributed by atoms with Gasteiger partial charge in [0.05, 0.1) is 30.5 Å². The number of H-pyrrole nitrogens is 1. The number of cyclic esters (lactones) is 1. The van der Waals surface area contributed by atoms with Gasteiger partial charge in [-0.05, 0) is 189 Å². The smallest absolute Gasteiger partial charge is 0.329 e. The summed E-state index contributed by atoms with van der Waals surface area (Å²) >= 11 is 1.65. The standard InChI is InChI=1S/C79H114N8O15S/c1-46(2)87-45-51(7)71-59(75(93)82-44-60-49(5)36-53(9)83-76(60)94)40-58(41-62(71)87)57-20-22-69(81-43-57)85-29-27-84(28-30-85)26-24-80-70(91)23-32-103-31-16-17-56-34-47(3)33-48(4)35-67(99-12)73-68(100-13)38-52(8)79(97,102-73)74(92)77(95)86-25-15-14-18-61(86)78(96)101-72(54(10)64(89)42-65(56)90)50(6)37-55-19-21-63(88)66(39-55)98-11/h20,22,34,36-37,40-41,43,45-46,48,52,54-56,61,63-64,66-68,72-73,88-89,97H,14-19,21,23-33,35,38-39,42,44H2,1-13H3,(H,80,91)(H,82,93)(H,83,94)/b47-34+,50-37+/t48-,52+,54+,55-,56+,61-,63+,64-,66+,67-,68-,72+,73+,79+/m0/s1. The first-order valence-electron chi connectivity index (χ1n) is 37.3. The zero-order valence-electron chi connectivity index (χ0n) is 62.9. The van der Waals surface area contributed by atoms with Crippen molar-refractivity contribution < 1.29 is 67.8 Å². The third kappa shape index (κ3) is 19.9. The molecule has 7 heterocycles. The Labute approximate surface area is 612 Å². The van der Waals surface area contributed by atoms with E-state index in [-0.39, 0.29) is 73.4 Å². The van der Waals surface area contributed by atoms with Crippen LogP contribution in [0.25, 0.3) is 22.0 Å². The Hall–Kier alpha value is -6.61. The number of piperazine rings is 1. The molecule has 5 aliphatic rings. The quantitative estimate of drug-likeness (QED) is 0.0196. The topological polar surface area (TPSA) is 294 Å². The molecule has 0 unspecified atom stereocenters. The molecular weight excluding hydrogens is 1330 g/mol. The minimum absolute atomic E-state index is 0.0297. The molecule has 566 valence electrons. The molecule has 24 heteroatoms. The number of aromatic amines is 1. The number of anilines is 1. The number of hydrogen-bond donors (Lipinski definition) is 6. The molecule has 0 radical (unpaired) electrons. The van der Waals surface area contributed by atoms with Gasteiger partial charge in [-0.15, -0.1) is 0 Å². The lowest BCUT2D eigenvalue weighted by atomic mass is 9.81. The summed E-state index contributed by atoms with van der Waals surface area (Å²) in [5.41, 5.74) is 7.69. The molecule has 3 saturated heterocycles. The van der Waals surface area contributed by atoms with Crippen LogP contribution >= 0.6 is 11.8 Å². The van der Waals surface area contributed by atoms with Crippen molar-refractivity contribution in [3.63, 3.8) is 0 Å². The van der Waals surface area contributed by atoms with Crippen molar-refractivity contribution in [1.82, 2.24) is 35.0 Å². The van der Waals surface area contributed by atoms with Crippen molar-refractivity contribution in [2.24, 2.45) is 29.6 Å². The molecule has 1 aromatic carbocycles. The molecule has 3 aromatic heterocycles. The number of Topliss-reactive ketones (excluding diaryl/α,β-unsaturated/α-hetero) is 2. The number of aliphatic hydroxyl groups excluding tert-OH is 2. The number of fused-ring (bicyclic) bond motifs is 4. The monoisotopic (exact) mass is 1450 g/mol. The lowest BCUT2D eigenvalue weighted by molar-refractivity contribution is -0.302. The van der Waals surface area contributed by atoms with Crippen LogP contribution in [0, 0.1) is 50.4 Å². The van der Waals surface area contributed by atoms with Gasteiger partial charge in [-0.25, -0.2) is 9.78 Å². The summed E-state index contributed by atoms with van der Waals surface area (Å²) in [6.07, 6.45) is 7.66. The largest absolute Gasteiger partial charge is 0.456 e. The third-order valence-electron chi connectivity index (χ3n) is 22.1. The van der Waals surface area contributed by atoms with E-state index in [0.29, 0.717) is 106 Å². The number of allylic oxidation sites excluding steroid dienone is 3. The number of ether oxygens (including phenoxy) is 5. The molecule has 0 spiro atoms.